The van der Waals surface area contributed by atoms with E-state index in [0.717, 1.165) is 11.1 Å². The Morgan fingerprint density at radius 2 is 1.95 bits per heavy atom. The molecule has 0 aliphatic heterocycles. The summed E-state index contributed by atoms with van der Waals surface area (Å²) in [6, 6.07) is 5.24. The molecule has 1 N–H and O–H groups in total. The van der Waals surface area contributed by atoms with Gasteiger partial charge in [-0.2, -0.15) is 0 Å². The smallest absolute Gasteiger partial charge is 0.240 e. The van der Waals surface area contributed by atoms with Crippen molar-refractivity contribution in [1.29, 1.82) is 0 Å². The van der Waals surface area contributed by atoms with E-state index in [-0.39, 0.29) is 6.54 Å². The van der Waals surface area contributed by atoms with Crippen molar-refractivity contribution < 1.29 is 12.8 Å². The molecule has 0 amide bonds. The second-order valence-corrected chi connectivity index (χ2v) is 6.37. The van der Waals surface area contributed by atoms with E-state index in [9.17, 15) is 8.42 Å². The van der Waals surface area contributed by atoms with Crippen LogP contribution in [0.4, 0.5) is 0 Å². The standard InChI is InChI=1S/C13H17N3O3S/c1-9-4-5-12(10(2)8-9)20(17,18)14-7-6-13-16-15-11(3)19-13/h4-5,8,14H,6-7H2,1-3H3. The van der Waals surface area contributed by atoms with Crippen molar-refractivity contribution >= 4 is 10.0 Å². The van der Waals surface area contributed by atoms with Crippen LogP contribution in [0.1, 0.15) is 22.9 Å². The molecular weight excluding hydrogens is 278 g/mol. The molecule has 1 aromatic carbocycles. The second kappa shape index (κ2) is 5.72. The van der Waals surface area contributed by atoms with Gasteiger partial charge in [0.15, 0.2) is 0 Å². The fraction of sp³-hybridized carbons (Fsp3) is 0.385. The van der Waals surface area contributed by atoms with E-state index in [0.29, 0.717) is 23.1 Å². The summed E-state index contributed by atoms with van der Waals surface area (Å²) in [5.41, 5.74) is 1.76. The van der Waals surface area contributed by atoms with Crippen molar-refractivity contribution in [2.75, 3.05) is 6.54 Å². The van der Waals surface area contributed by atoms with E-state index >= 15 is 0 Å². The maximum Gasteiger partial charge on any atom is 0.240 e. The molecule has 0 saturated carbocycles. The van der Waals surface area contributed by atoms with Gasteiger partial charge in [-0.3, -0.25) is 0 Å². The average Bonchev–Trinajstić information content (AvgIpc) is 2.74. The molecule has 0 radical (unpaired) electrons. The topological polar surface area (TPSA) is 85.1 Å². The molecule has 20 heavy (non-hydrogen) atoms. The predicted octanol–water partition coefficient (Wildman–Crippen LogP) is 1.52. The maximum atomic E-state index is 12.2. The number of benzene rings is 1. The minimum absolute atomic E-state index is 0.220. The summed E-state index contributed by atoms with van der Waals surface area (Å²) in [7, 11) is -3.51. The summed E-state index contributed by atoms with van der Waals surface area (Å²) in [5, 5.41) is 7.51. The van der Waals surface area contributed by atoms with Crippen molar-refractivity contribution in [3.63, 3.8) is 0 Å². The van der Waals surface area contributed by atoms with Gasteiger partial charge in [0.05, 0.1) is 4.90 Å². The van der Waals surface area contributed by atoms with E-state index in [1.807, 2.05) is 13.0 Å². The van der Waals surface area contributed by atoms with Crippen LogP contribution in [0.3, 0.4) is 0 Å². The Kier molecular flexibility index (Phi) is 4.20. The van der Waals surface area contributed by atoms with Crippen LogP contribution < -0.4 is 4.72 Å². The number of hydrogen-bond acceptors (Lipinski definition) is 5. The Bertz CT molecular complexity index is 707. The van der Waals surface area contributed by atoms with Crippen LogP contribution in [0.5, 0.6) is 0 Å². The zero-order valence-corrected chi connectivity index (χ0v) is 12.5. The molecule has 0 aliphatic rings. The Hall–Kier alpha value is -1.73. The van der Waals surface area contributed by atoms with Gasteiger partial charge in [0.1, 0.15) is 0 Å². The molecule has 7 heteroatoms. The first kappa shape index (κ1) is 14.7. The summed E-state index contributed by atoms with van der Waals surface area (Å²) in [4.78, 5) is 0.296. The van der Waals surface area contributed by atoms with Crippen LogP contribution in [0.25, 0.3) is 0 Å². The minimum atomic E-state index is -3.51. The van der Waals surface area contributed by atoms with E-state index < -0.39 is 10.0 Å². The predicted molar refractivity (Wildman–Crippen MR) is 73.8 cm³/mol. The first-order valence-electron chi connectivity index (χ1n) is 6.24. The summed E-state index contributed by atoms with van der Waals surface area (Å²) in [6.07, 6.45) is 0.366. The van der Waals surface area contributed by atoms with E-state index in [4.69, 9.17) is 4.42 Å². The minimum Gasteiger partial charge on any atom is -0.426 e. The largest absolute Gasteiger partial charge is 0.426 e. The lowest BCUT2D eigenvalue weighted by Gasteiger charge is -2.09. The number of nitrogens with zero attached hydrogens (tertiary/aromatic N) is 2. The van der Waals surface area contributed by atoms with Gasteiger partial charge in [0.25, 0.3) is 0 Å². The molecule has 0 saturated heterocycles. The third-order valence-corrected chi connectivity index (χ3v) is 4.44. The monoisotopic (exact) mass is 295 g/mol. The van der Waals surface area contributed by atoms with Gasteiger partial charge >= 0.3 is 0 Å². The van der Waals surface area contributed by atoms with Crippen LogP contribution in [0, 0.1) is 20.8 Å². The van der Waals surface area contributed by atoms with Gasteiger partial charge in [0.2, 0.25) is 21.8 Å². The lowest BCUT2D eigenvalue weighted by atomic mass is 10.2. The highest BCUT2D eigenvalue weighted by Gasteiger charge is 2.16. The zero-order chi connectivity index (χ0) is 14.8. The molecule has 0 aliphatic carbocycles. The summed E-state index contributed by atoms with van der Waals surface area (Å²) in [6.45, 7) is 5.62. The Balaban J connectivity index is 2.04. The van der Waals surface area contributed by atoms with Crippen molar-refractivity contribution in [2.24, 2.45) is 0 Å². The van der Waals surface area contributed by atoms with E-state index in [2.05, 4.69) is 14.9 Å². The van der Waals surface area contributed by atoms with Gasteiger partial charge in [-0.05, 0) is 25.5 Å². The van der Waals surface area contributed by atoms with E-state index in [1.165, 1.54) is 0 Å². The van der Waals surface area contributed by atoms with Crippen LogP contribution in [-0.4, -0.2) is 25.2 Å². The number of rotatable bonds is 5. The first-order chi connectivity index (χ1) is 9.38. The summed E-state index contributed by atoms with van der Waals surface area (Å²) < 4.78 is 32.1. The highest BCUT2D eigenvalue weighted by atomic mass is 32.2. The van der Waals surface area contributed by atoms with Crippen molar-refractivity contribution in [2.45, 2.75) is 32.1 Å². The molecule has 0 bridgehead atoms. The highest BCUT2D eigenvalue weighted by molar-refractivity contribution is 7.89. The number of aromatic nitrogens is 2. The normalized spacial score (nSPS) is 11.8. The SMILES string of the molecule is Cc1ccc(S(=O)(=O)NCCc2nnc(C)o2)c(C)c1. The molecule has 2 rings (SSSR count). The molecule has 1 aromatic heterocycles. The van der Waals surface area contributed by atoms with Crippen molar-refractivity contribution in [1.82, 2.24) is 14.9 Å². The van der Waals surface area contributed by atoms with Crippen LogP contribution in [0.15, 0.2) is 27.5 Å². The summed E-state index contributed by atoms with van der Waals surface area (Å²) in [5.74, 6) is 0.892. The average molecular weight is 295 g/mol. The third-order valence-electron chi connectivity index (χ3n) is 2.82. The Morgan fingerprint density at radius 3 is 2.55 bits per heavy atom. The van der Waals surface area contributed by atoms with Gasteiger partial charge in [-0.15, -0.1) is 10.2 Å². The second-order valence-electron chi connectivity index (χ2n) is 4.63. The summed E-state index contributed by atoms with van der Waals surface area (Å²) >= 11 is 0. The number of aryl methyl sites for hydroxylation is 3. The number of hydrogen-bond donors (Lipinski definition) is 1. The Labute approximate surface area is 118 Å². The molecular formula is C13H17N3O3S. The maximum absolute atomic E-state index is 12.2. The molecule has 0 spiro atoms. The molecule has 108 valence electrons. The lowest BCUT2D eigenvalue weighted by Crippen LogP contribution is -2.26. The number of nitrogens with one attached hydrogen (secondary N) is 1. The van der Waals surface area contributed by atoms with Crippen LogP contribution in [-0.2, 0) is 16.4 Å². The van der Waals surface area contributed by atoms with Crippen LogP contribution in [0.2, 0.25) is 0 Å². The molecule has 1 heterocycles. The lowest BCUT2D eigenvalue weighted by molar-refractivity contribution is 0.466. The van der Waals surface area contributed by atoms with Crippen LogP contribution >= 0.6 is 0 Å². The zero-order valence-electron chi connectivity index (χ0n) is 11.7. The molecule has 0 unspecified atom stereocenters. The van der Waals surface area contributed by atoms with Gasteiger partial charge < -0.3 is 4.42 Å². The molecule has 0 atom stereocenters. The fourth-order valence-electron chi connectivity index (χ4n) is 1.91. The van der Waals surface area contributed by atoms with Crippen molar-refractivity contribution in [3.05, 3.63) is 41.1 Å². The van der Waals surface area contributed by atoms with Gasteiger partial charge in [-0.25, -0.2) is 13.1 Å². The molecule has 2 aromatic rings. The highest BCUT2D eigenvalue weighted by Crippen LogP contribution is 2.16. The van der Waals surface area contributed by atoms with Gasteiger partial charge in [0, 0.05) is 19.9 Å². The van der Waals surface area contributed by atoms with E-state index in [1.54, 1.807) is 26.0 Å². The first-order valence-corrected chi connectivity index (χ1v) is 7.73. The fourth-order valence-corrected chi connectivity index (χ4v) is 3.17. The number of sulfonamides is 1. The quantitative estimate of drug-likeness (QED) is 0.904. The van der Waals surface area contributed by atoms with Crippen molar-refractivity contribution in [3.8, 4) is 0 Å². The third kappa shape index (κ3) is 3.43. The van der Waals surface area contributed by atoms with Gasteiger partial charge in [-0.1, -0.05) is 17.7 Å². The molecule has 6 nitrogen and oxygen atoms in total. The Morgan fingerprint density at radius 1 is 1.20 bits per heavy atom. The molecule has 0 fully saturated rings.